The first-order valence-corrected chi connectivity index (χ1v) is 5.08. The molecule has 0 atom stereocenters. The fourth-order valence-corrected chi connectivity index (χ4v) is 1.33. The van der Waals surface area contributed by atoms with Gasteiger partial charge >= 0.3 is 6.18 Å². The molecule has 0 fully saturated rings. The van der Waals surface area contributed by atoms with Crippen LogP contribution in [0.3, 0.4) is 0 Å². The third-order valence-electron chi connectivity index (χ3n) is 1.88. The molecule has 1 aromatic rings. The predicted molar refractivity (Wildman–Crippen MR) is 55.1 cm³/mol. The summed E-state index contributed by atoms with van der Waals surface area (Å²) in [5.41, 5.74) is -1.21. The summed E-state index contributed by atoms with van der Waals surface area (Å²) >= 11 is 5.52. The van der Waals surface area contributed by atoms with E-state index in [-0.39, 0.29) is 12.2 Å². The number of Topliss-reactive ketones (excluding diaryl/α,β-unsaturated/α-hetero) is 1. The van der Waals surface area contributed by atoms with Crippen LogP contribution in [-0.4, -0.2) is 24.0 Å². The maximum Gasteiger partial charge on any atom is 0.433 e. The van der Waals surface area contributed by atoms with E-state index < -0.39 is 22.8 Å². The van der Waals surface area contributed by atoms with Crippen molar-refractivity contribution < 1.29 is 22.7 Å². The maximum atomic E-state index is 12.3. The number of nitrogens with zero attached hydrogens (tertiary/aromatic N) is 1. The Labute approximate surface area is 101 Å². The van der Waals surface area contributed by atoms with Crippen LogP contribution in [0.4, 0.5) is 13.2 Å². The van der Waals surface area contributed by atoms with E-state index >= 15 is 0 Å². The van der Waals surface area contributed by atoms with Crippen LogP contribution in [0.5, 0.6) is 0 Å². The Balaban J connectivity index is 2.94. The number of ketones is 1. The minimum Gasteiger partial charge on any atom is -0.374 e. The Morgan fingerprint density at radius 2 is 2.12 bits per heavy atom. The van der Waals surface area contributed by atoms with Crippen molar-refractivity contribution in [1.29, 1.82) is 0 Å². The summed E-state index contributed by atoms with van der Waals surface area (Å²) in [5.74, 6) is -0.502. The number of halogens is 4. The van der Waals surface area contributed by atoms with E-state index in [0.717, 1.165) is 6.07 Å². The molecule has 0 N–H and O–H groups in total. The van der Waals surface area contributed by atoms with Gasteiger partial charge in [-0.25, -0.2) is 4.98 Å². The highest BCUT2D eigenvalue weighted by Gasteiger charge is 2.33. The molecule has 94 valence electrons. The van der Waals surface area contributed by atoms with E-state index in [2.05, 4.69) is 4.98 Å². The molecule has 0 aromatic carbocycles. The van der Waals surface area contributed by atoms with Gasteiger partial charge in [-0.05, 0) is 19.1 Å². The Morgan fingerprint density at radius 1 is 1.47 bits per heavy atom. The molecule has 3 nitrogen and oxygen atoms in total. The second kappa shape index (κ2) is 5.46. The average molecular weight is 268 g/mol. The molecular weight excluding hydrogens is 259 g/mol. The van der Waals surface area contributed by atoms with Crippen LogP contribution in [0.25, 0.3) is 0 Å². The van der Waals surface area contributed by atoms with E-state index in [9.17, 15) is 18.0 Å². The number of hydrogen-bond acceptors (Lipinski definition) is 3. The molecule has 0 aliphatic heterocycles. The number of alkyl halides is 3. The molecule has 1 heterocycles. The number of pyridine rings is 1. The van der Waals surface area contributed by atoms with Gasteiger partial charge in [0.2, 0.25) is 0 Å². The number of ether oxygens (including phenoxy) is 1. The minimum absolute atomic E-state index is 0.0758. The Morgan fingerprint density at radius 3 is 2.59 bits per heavy atom. The van der Waals surface area contributed by atoms with Gasteiger partial charge in [-0.3, -0.25) is 4.79 Å². The zero-order valence-corrected chi connectivity index (χ0v) is 9.60. The third-order valence-corrected chi connectivity index (χ3v) is 2.16. The Hall–Kier alpha value is -1.14. The molecule has 0 bridgehead atoms. The van der Waals surface area contributed by atoms with Crippen LogP contribution < -0.4 is 0 Å². The molecule has 7 heteroatoms. The lowest BCUT2D eigenvalue weighted by atomic mass is 10.2. The zero-order chi connectivity index (χ0) is 13.1. The largest absolute Gasteiger partial charge is 0.433 e. The van der Waals surface area contributed by atoms with Crippen molar-refractivity contribution in [3.8, 4) is 0 Å². The molecular formula is C10H9ClF3NO2. The lowest BCUT2D eigenvalue weighted by molar-refractivity contribution is -0.141. The molecule has 0 amide bonds. The number of hydrogen-bond donors (Lipinski definition) is 0. The molecule has 0 saturated heterocycles. The predicted octanol–water partition coefficient (Wildman–Crippen LogP) is 2.97. The van der Waals surface area contributed by atoms with E-state index in [1.54, 1.807) is 6.92 Å². The second-order valence-corrected chi connectivity index (χ2v) is 3.45. The van der Waals surface area contributed by atoms with Crippen LogP contribution in [0, 0.1) is 0 Å². The van der Waals surface area contributed by atoms with E-state index in [0.29, 0.717) is 12.7 Å². The lowest BCUT2D eigenvalue weighted by Crippen LogP contribution is -2.13. The van der Waals surface area contributed by atoms with Crippen molar-refractivity contribution in [1.82, 2.24) is 4.98 Å². The first kappa shape index (κ1) is 13.9. The molecule has 0 spiro atoms. The van der Waals surface area contributed by atoms with E-state index in [1.807, 2.05) is 0 Å². The van der Waals surface area contributed by atoms with Crippen molar-refractivity contribution >= 4 is 17.4 Å². The van der Waals surface area contributed by atoms with Gasteiger partial charge in [0.05, 0.1) is 5.56 Å². The third kappa shape index (κ3) is 3.67. The van der Waals surface area contributed by atoms with Crippen molar-refractivity contribution in [2.45, 2.75) is 13.1 Å². The van der Waals surface area contributed by atoms with Gasteiger partial charge in [0, 0.05) is 6.61 Å². The molecule has 0 radical (unpaired) electrons. The lowest BCUT2D eigenvalue weighted by Gasteiger charge is -2.08. The quantitative estimate of drug-likeness (QED) is 0.622. The highest BCUT2D eigenvalue weighted by Crippen LogP contribution is 2.29. The minimum atomic E-state index is -4.58. The molecule has 0 saturated carbocycles. The number of carbonyl (C=O) groups is 1. The van der Waals surface area contributed by atoms with Gasteiger partial charge in [0.25, 0.3) is 0 Å². The molecule has 17 heavy (non-hydrogen) atoms. The standard InChI is InChI=1S/C10H9ClF3NO2/c1-2-17-5-7(16)6-3-4-8(10(12,13)14)15-9(6)11/h3-4H,2,5H2,1H3. The smallest absolute Gasteiger partial charge is 0.374 e. The highest BCUT2D eigenvalue weighted by molar-refractivity contribution is 6.32. The normalized spacial score (nSPS) is 11.6. The molecule has 0 aliphatic rings. The Kier molecular flexibility index (Phi) is 4.47. The second-order valence-electron chi connectivity index (χ2n) is 3.09. The van der Waals surface area contributed by atoms with Crippen LogP contribution in [0.2, 0.25) is 5.15 Å². The van der Waals surface area contributed by atoms with Gasteiger partial charge in [0.15, 0.2) is 5.78 Å². The fourth-order valence-electron chi connectivity index (χ4n) is 1.07. The first-order valence-electron chi connectivity index (χ1n) is 4.71. The van der Waals surface area contributed by atoms with Crippen LogP contribution in [0.1, 0.15) is 23.0 Å². The monoisotopic (exact) mass is 267 g/mol. The van der Waals surface area contributed by atoms with Crippen molar-refractivity contribution in [3.05, 3.63) is 28.5 Å². The first-order chi connectivity index (χ1) is 7.86. The molecule has 1 rings (SSSR count). The molecule has 0 unspecified atom stereocenters. The number of aromatic nitrogens is 1. The summed E-state index contributed by atoms with van der Waals surface area (Å²) in [4.78, 5) is 14.6. The van der Waals surface area contributed by atoms with Gasteiger partial charge in [-0.15, -0.1) is 0 Å². The van der Waals surface area contributed by atoms with Crippen molar-refractivity contribution in [2.24, 2.45) is 0 Å². The topological polar surface area (TPSA) is 39.2 Å². The van der Waals surface area contributed by atoms with Crippen molar-refractivity contribution in [3.63, 3.8) is 0 Å². The Bertz CT molecular complexity index is 421. The van der Waals surface area contributed by atoms with Gasteiger partial charge in [-0.2, -0.15) is 13.2 Å². The molecule has 1 aromatic heterocycles. The number of rotatable bonds is 4. The van der Waals surface area contributed by atoms with Crippen LogP contribution in [0.15, 0.2) is 12.1 Å². The zero-order valence-electron chi connectivity index (χ0n) is 8.84. The van der Waals surface area contributed by atoms with E-state index in [1.165, 1.54) is 0 Å². The van der Waals surface area contributed by atoms with E-state index in [4.69, 9.17) is 16.3 Å². The summed E-state index contributed by atoms with van der Waals surface area (Å²) in [6.07, 6.45) is -4.58. The highest BCUT2D eigenvalue weighted by atomic mass is 35.5. The van der Waals surface area contributed by atoms with Crippen LogP contribution in [-0.2, 0) is 10.9 Å². The summed E-state index contributed by atoms with van der Waals surface area (Å²) in [5, 5.41) is -0.468. The summed E-state index contributed by atoms with van der Waals surface area (Å²) in [6, 6.07) is 1.71. The van der Waals surface area contributed by atoms with Gasteiger partial charge in [0.1, 0.15) is 17.5 Å². The fraction of sp³-hybridized carbons (Fsp3) is 0.400. The van der Waals surface area contributed by atoms with Crippen LogP contribution >= 0.6 is 11.6 Å². The summed E-state index contributed by atoms with van der Waals surface area (Å²) in [7, 11) is 0. The van der Waals surface area contributed by atoms with Gasteiger partial charge < -0.3 is 4.74 Å². The molecule has 0 aliphatic carbocycles. The number of carbonyl (C=O) groups excluding carboxylic acids is 1. The summed E-state index contributed by atoms with van der Waals surface area (Å²) in [6.45, 7) is 1.79. The SMILES string of the molecule is CCOCC(=O)c1ccc(C(F)(F)F)nc1Cl. The maximum absolute atomic E-state index is 12.3. The summed E-state index contributed by atoms with van der Waals surface area (Å²) < 4.78 is 41.7. The van der Waals surface area contributed by atoms with Gasteiger partial charge in [-0.1, -0.05) is 11.6 Å². The van der Waals surface area contributed by atoms with Crippen molar-refractivity contribution in [2.75, 3.05) is 13.2 Å². The average Bonchev–Trinajstić information content (AvgIpc) is 2.24.